The maximum Gasteiger partial charge on any atom is 0.408 e. The summed E-state index contributed by atoms with van der Waals surface area (Å²) in [5.41, 5.74) is 1.64. The molecule has 0 spiro atoms. The first-order valence-electron chi connectivity index (χ1n) is 6.74. The number of amides is 1. The highest BCUT2D eigenvalue weighted by molar-refractivity contribution is 5.79. The SMILES string of the molecule is Cc1ccnn1CC(NC(=O)OCc1ccccc1)C(=O)O. The molecule has 2 aromatic rings. The van der Waals surface area contributed by atoms with Gasteiger partial charge in [0.05, 0.1) is 6.54 Å². The van der Waals surface area contributed by atoms with E-state index in [-0.39, 0.29) is 13.2 Å². The van der Waals surface area contributed by atoms with E-state index in [1.165, 1.54) is 4.68 Å². The number of nitrogens with zero attached hydrogens (tertiary/aromatic N) is 2. The van der Waals surface area contributed by atoms with Gasteiger partial charge in [0.15, 0.2) is 0 Å². The highest BCUT2D eigenvalue weighted by atomic mass is 16.5. The monoisotopic (exact) mass is 303 g/mol. The van der Waals surface area contributed by atoms with Crippen molar-refractivity contribution in [1.29, 1.82) is 0 Å². The third-order valence-corrected chi connectivity index (χ3v) is 3.09. The fraction of sp³-hybridized carbons (Fsp3) is 0.267. The Morgan fingerprint density at radius 3 is 2.64 bits per heavy atom. The molecule has 1 heterocycles. The standard InChI is InChI=1S/C15H17N3O4/c1-11-7-8-16-18(11)9-13(14(19)20)17-15(21)22-10-12-5-3-2-4-6-12/h2-8,13H,9-10H2,1H3,(H,17,21)(H,19,20). The minimum atomic E-state index is -1.15. The molecule has 22 heavy (non-hydrogen) atoms. The van der Waals surface area contributed by atoms with Crippen molar-refractivity contribution in [1.82, 2.24) is 15.1 Å². The fourth-order valence-corrected chi connectivity index (χ4v) is 1.86. The Labute approximate surface area is 127 Å². The van der Waals surface area contributed by atoms with E-state index in [1.54, 1.807) is 19.2 Å². The molecule has 1 amide bonds. The summed E-state index contributed by atoms with van der Waals surface area (Å²) >= 11 is 0. The van der Waals surface area contributed by atoms with Gasteiger partial charge in [-0.2, -0.15) is 5.10 Å². The Bertz CT molecular complexity index is 639. The van der Waals surface area contributed by atoms with E-state index in [0.717, 1.165) is 11.3 Å². The molecule has 0 aliphatic rings. The molecule has 7 nitrogen and oxygen atoms in total. The van der Waals surface area contributed by atoms with Crippen LogP contribution < -0.4 is 5.32 Å². The minimum Gasteiger partial charge on any atom is -0.480 e. The Morgan fingerprint density at radius 2 is 2.05 bits per heavy atom. The molecule has 0 saturated heterocycles. The van der Waals surface area contributed by atoms with Crippen LogP contribution in [0.4, 0.5) is 4.79 Å². The van der Waals surface area contributed by atoms with Gasteiger partial charge in [0, 0.05) is 11.9 Å². The molecule has 1 atom stereocenters. The third-order valence-electron chi connectivity index (χ3n) is 3.09. The van der Waals surface area contributed by atoms with Gasteiger partial charge >= 0.3 is 12.1 Å². The van der Waals surface area contributed by atoms with Gasteiger partial charge in [0.25, 0.3) is 0 Å². The molecular weight excluding hydrogens is 286 g/mol. The van der Waals surface area contributed by atoms with Crippen LogP contribution in [0.5, 0.6) is 0 Å². The number of nitrogens with one attached hydrogen (secondary N) is 1. The van der Waals surface area contributed by atoms with Crippen LogP contribution in [0.2, 0.25) is 0 Å². The van der Waals surface area contributed by atoms with E-state index in [0.29, 0.717) is 0 Å². The van der Waals surface area contributed by atoms with Crippen molar-refractivity contribution in [3.63, 3.8) is 0 Å². The second-order valence-electron chi connectivity index (χ2n) is 4.75. The molecule has 1 aromatic carbocycles. The summed E-state index contributed by atoms with van der Waals surface area (Å²) < 4.78 is 6.53. The highest BCUT2D eigenvalue weighted by Gasteiger charge is 2.22. The summed E-state index contributed by atoms with van der Waals surface area (Å²) in [5, 5.41) is 15.5. The van der Waals surface area contributed by atoms with Crippen molar-refractivity contribution in [2.24, 2.45) is 0 Å². The van der Waals surface area contributed by atoms with E-state index in [9.17, 15) is 14.7 Å². The number of ether oxygens (including phenoxy) is 1. The van der Waals surface area contributed by atoms with Crippen LogP contribution in [0.15, 0.2) is 42.6 Å². The van der Waals surface area contributed by atoms with Gasteiger partial charge in [-0.3, -0.25) is 4.68 Å². The first kappa shape index (κ1) is 15.6. The Hall–Kier alpha value is -2.83. The van der Waals surface area contributed by atoms with E-state index in [1.807, 2.05) is 30.3 Å². The number of hydrogen-bond acceptors (Lipinski definition) is 4. The molecule has 0 bridgehead atoms. The number of carboxylic acid groups (broad SMARTS) is 1. The van der Waals surface area contributed by atoms with E-state index in [4.69, 9.17) is 4.74 Å². The van der Waals surface area contributed by atoms with Crippen molar-refractivity contribution >= 4 is 12.1 Å². The van der Waals surface area contributed by atoms with Crippen LogP contribution in [-0.2, 0) is 22.7 Å². The molecular formula is C15H17N3O4. The lowest BCUT2D eigenvalue weighted by Gasteiger charge is -2.15. The number of aryl methyl sites for hydroxylation is 1. The molecule has 0 aliphatic heterocycles. The van der Waals surface area contributed by atoms with Gasteiger partial charge in [0.2, 0.25) is 0 Å². The first-order valence-corrected chi connectivity index (χ1v) is 6.74. The van der Waals surface area contributed by atoms with Gasteiger partial charge in [-0.15, -0.1) is 0 Å². The highest BCUT2D eigenvalue weighted by Crippen LogP contribution is 2.02. The lowest BCUT2D eigenvalue weighted by Crippen LogP contribution is -2.44. The van der Waals surface area contributed by atoms with Crippen LogP contribution in [-0.4, -0.2) is 33.0 Å². The predicted octanol–water partition coefficient (Wildman–Crippen LogP) is 1.57. The van der Waals surface area contributed by atoms with Crippen LogP contribution in [0, 0.1) is 6.92 Å². The smallest absolute Gasteiger partial charge is 0.408 e. The normalized spacial score (nSPS) is 11.7. The summed E-state index contributed by atoms with van der Waals surface area (Å²) in [7, 11) is 0. The molecule has 1 unspecified atom stereocenters. The average molecular weight is 303 g/mol. The summed E-state index contributed by atoms with van der Waals surface area (Å²) in [4.78, 5) is 23.0. The predicted molar refractivity (Wildman–Crippen MR) is 78.2 cm³/mol. The Balaban J connectivity index is 1.89. The number of carbonyl (C=O) groups is 2. The largest absolute Gasteiger partial charge is 0.480 e. The van der Waals surface area contributed by atoms with Crippen molar-refractivity contribution in [3.05, 3.63) is 53.9 Å². The number of carboxylic acids is 1. The Kier molecular flexibility index (Phi) is 5.13. The van der Waals surface area contributed by atoms with Crippen molar-refractivity contribution in [2.45, 2.75) is 26.1 Å². The minimum absolute atomic E-state index is 0.0363. The maximum absolute atomic E-state index is 11.7. The molecule has 0 saturated carbocycles. The molecule has 0 aliphatic carbocycles. The number of hydrogen-bond donors (Lipinski definition) is 2. The fourth-order valence-electron chi connectivity index (χ4n) is 1.86. The lowest BCUT2D eigenvalue weighted by molar-refractivity contribution is -0.139. The van der Waals surface area contributed by atoms with E-state index in [2.05, 4.69) is 10.4 Å². The van der Waals surface area contributed by atoms with Crippen molar-refractivity contribution in [2.75, 3.05) is 0 Å². The van der Waals surface area contributed by atoms with Crippen LogP contribution in [0.25, 0.3) is 0 Å². The molecule has 116 valence electrons. The summed E-state index contributed by atoms with van der Waals surface area (Å²) in [6.45, 7) is 1.92. The molecule has 0 fully saturated rings. The molecule has 2 N–H and O–H groups in total. The Morgan fingerprint density at radius 1 is 1.32 bits per heavy atom. The first-order chi connectivity index (χ1) is 10.6. The lowest BCUT2D eigenvalue weighted by atomic mass is 10.2. The van der Waals surface area contributed by atoms with Crippen LogP contribution in [0.1, 0.15) is 11.3 Å². The summed E-state index contributed by atoms with van der Waals surface area (Å²) in [5.74, 6) is -1.15. The zero-order valence-electron chi connectivity index (χ0n) is 12.1. The topological polar surface area (TPSA) is 93.5 Å². The van der Waals surface area contributed by atoms with Gasteiger partial charge < -0.3 is 15.2 Å². The number of aliphatic carboxylic acids is 1. The molecule has 7 heteroatoms. The second kappa shape index (κ2) is 7.26. The van der Waals surface area contributed by atoms with Gasteiger partial charge in [-0.05, 0) is 18.6 Å². The number of carbonyl (C=O) groups excluding carboxylic acids is 1. The quantitative estimate of drug-likeness (QED) is 0.845. The zero-order chi connectivity index (χ0) is 15.9. The third kappa shape index (κ3) is 4.34. The maximum atomic E-state index is 11.7. The molecule has 1 aromatic heterocycles. The van der Waals surface area contributed by atoms with Crippen LogP contribution in [0.3, 0.4) is 0 Å². The van der Waals surface area contributed by atoms with Crippen LogP contribution >= 0.6 is 0 Å². The van der Waals surface area contributed by atoms with Gasteiger partial charge in [-0.1, -0.05) is 30.3 Å². The van der Waals surface area contributed by atoms with E-state index >= 15 is 0 Å². The van der Waals surface area contributed by atoms with Gasteiger partial charge in [-0.25, -0.2) is 9.59 Å². The summed E-state index contributed by atoms with van der Waals surface area (Å²) in [6, 6.07) is 9.79. The molecule has 2 rings (SSSR count). The zero-order valence-corrected chi connectivity index (χ0v) is 12.1. The number of benzene rings is 1. The average Bonchev–Trinajstić information content (AvgIpc) is 2.91. The second-order valence-corrected chi connectivity index (χ2v) is 4.75. The van der Waals surface area contributed by atoms with Crippen molar-refractivity contribution in [3.8, 4) is 0 Å². The van der Waals surface area contributed by atoms with Gasteiger partial charge in [0.1, 0.15) is 12.6 Å². The molecule has 0 radical (unpaired) electrons. The number of rotatable bonds is 6. The van der Waals surface area contributed by atoms with Crippen molar-refractivity contribution < 1.29 is 19.4 Å². The summed E-state index contributed by atoms with van der Waals surface area (Å²) in [6.07, 6.45) is 0.795. The van der Waals surface area contributed by atoms with E-state index < -0.39 is 18.1 Å². The number of aromatic nitrogens is 2. The number of alkyl carbamates (subject to hydrolysis) is 1.